The summed E-state index contributed by atoms with van der Waals surface area (Å²) in [6.45, 7) is 8.83. The number of hydrogen-bond acceptors (Lipinski definition) is 1. The molecule has 3 heteroatoms. The molecule has 0 radical (unpaired) electrons. The maximum Gasteiger partial charge on any atom is 0.268 e. The molecule has 2 aliphatic rings. The fourth-order valence-corrected chi connectivity index (χ4v) is 9.63. The van der Waals surface area contributed by atoms with Crippen molar-refractivity contribution in [1.82, 2.24) is 0 Å². The molecule has 23 heavy (non-hydrogen) atoms. The monoisotopic (exact) mass is 332 g/mol. The smallest absolute Gasteiger partial charge is 0.268 e. The largest absolute Gasteiger partial charge is 0.322 e. The quantitative estimate of drug-likeness (QED) is 0.747. The first-order valence-electron chi connectivity index (χ1n) is 9.12. The van der Waals surface area contributed by atoms with Gasteiger partial charge in [-0.2, -0.15) is 0 Å². The summed E-state index contributed by atoms with van der Waals surface area (Å²) in [6.07, 6.45) is 10.2. The van der Waals surface area contributed by atoms with Crippen LogP contribution in [-0.2, 0) is 4.79 Å². The molecule has 0 atom stereocenters. The fraction of sp³-hybridized carbons (Fsp3) is 0.650. The van der Waals surface area contributed by atoms with Crippen molar-refractivity contribution in [3.8, 4) is 0 Å². The number of carbonyl (C=O) groups is 1. The molecular formula is C20H31NOP+. The van der Waals surface area contributed by atoms with E-state index in [4.69, 9.17) is 0 Å². The Bertz CT molecular complexity index is 589. The number of anilines is 1. The van der Waals surface area contributed by atoms with Gasteiger partial charge in [0.05, 0.1) is 12.3 Å². The molecule has 0 spiro atoms. The molecule has 1 saturated heterocycles. The summed E-state index contributed by atoms with van der Waals surface area (Å²) < 4.78 is 0. The maximum atomic E-state index is 13.3. The molecule has 1 aliphatic carbocycles. The van der Waals surface area contributed by atoms with E-state index in [-0.39, 0.29) is 5.16 Å². The highest BCUT2D eigenvalue weighted by atomic mass is 31.2. The lowest BCUT2D eigenvalue weighted by atomic mass is 9.83. The summed E-state index contributed by atoms with van der Waals surface area (Å²) >= 11 is 0. The van der Waals surface area contributed by atoms with Crippen LogP contribution in [0.15, 0.2) is 12.1 Å². The third-order valence-corrected chi connectivity index (χ3v) is 11.7. The average Bonchev–Trinajstić information content (AvgIpc) is 2.42. The zero-order valence-corrected chi connectivity index (χ0v) is 16.1. The third kappa shape index (κ3) is 2.84. The molecule has 2 fully saturated rings. The van der Waals surface area contributed by atoms with Crippen molar-refractivity contribution in [2.45, 2.75) is 64.5 Å². The Morgan fingerprint density at radius 3 is 2.04 bits per heavy atom. The number of aryl methyl sites for hydroxylation is 3. The summed E-state index contributed by atoms with van der Waals surface area (Å²) in [6, 6.07) is 4.35. The van der Waals surface area contributed by atoms with E-state index in [9.17, 15) is 4.79 Å². The number of benzene rings is 1. The highest BCUT2D eigenvalue weighted by Gasteiger charge is 2.63. The number of nitrogens with one attached hydrogen (secondary N) is 1. The minimum absolute atomic E-state index is 0.0167. The SMILES string of the molecule is Cc1cc(C)c(NC(=O)C2([P+]3(C)CCCCC3)CCC2)c(C)c1. The third-order valence-electron chi connectivity index (χ3n) is 6.36. The Morgan fingerprint density at radius 1 is 1.00 bits per heavy atom. The average molecular weight is 332 g/mol. The Balaban J connectivity index is 1.87. The second-order valence-electron chi connectivity index (χ2n) is 8.02. The molecule has 1 heterocycles. The van der Waals surface area contributed by atoms with Crippen LogP contribution < -0.4 is 5.32 Å². The molecule has 1 saturated carbocycles. The van der Waals surface area contributed by atoms with Gasteiger partial charge < -0.3 is 5.32 Å². The van der Waals surface area contributed by atoms with Crippen LogP contribution in [0, 0.1) is 20.8 Å². The van der Waals surface area contributed by atoms with E-state index in [0.29, 0.717) is 5.91 Å². The van der Waals surface area contributed by atoms with Crippen LogP contribution >= 0.6 is 7.26 Å². The van der Waals surface area contributed by atoms with Crippen LogP contribution in [-0.4, -0.2) is 30.1 Å². The zero-order chi connectivity index (χ0) is 16.7. The minimum Gasteiger partial charge on any atom is -0.322 e. The molecule has 0 unspecified atom stereocenters. The Morgan fingerprint density at radius 2 is 1.57 bits per heavy atom. The van der Waals surface area contributed by atoms with Gasteiger partial charge in [0, 0.05) is 19.6 Å². The van der Waals surface area contributed by atoms with Crippen molar-refractivity contribution in [1.29, 1.82) is 0 Å². The molecule has 2 nitrogen and oxygen atoms in total. The highest BCUT2D eigenvalue weighted by molar-refractivity contribution is 7.77. The van der Waals surface area contributed by atoms with Gasteiger partial charge in [0.1, 0.15) is 0 Å². The van der Waals surface area contributed by atoms with Crippen molar-refractivity contribution in [3.05, 3.63) is 28.8 Å². The molecule has 3 rings (SSSR count). The maximum absolute atomic E-state index is 13.3. The molecule has 1 aromatic carbocycles. The van der Waals surface area contributed by atoms with Crippen LogP contribution in [0.2, 0.25) is 0 Å². The molecule has 1 amide bonds. The van der Waals surface area contributed by atoms with Gasteiger partial charge >= 0.3 is 0 Å². The molecule has 0 bridgehead atoms. The summed E-state index contributed by atoms with van der Waals surface area (Å²) in [4.78, 5) is 13.3. The molecule has 126 valence electrons. The number of amides is 1. The second-order valence-corrected chi connectivity index (χ2v) is 12.6. The van der Waals surface area contributed by atoms with E-state index >= 15 is 0 Å². The molecule has 1 N–H and O–H groups in total. The lowest BCUT2D eigenvalue weighted by Gasteiger charge is -2.49. The van der Waals surface area contributed by atoms with Crippen molar-refractivity contribution in [2.75, 3.05) is 24.3 Å². The summed E-state index contributed by atoms with van der Waals surface area (Å²) in [5.74, 6) is 0.330. The van der Waals surface area contributed by atoms with Gasteiger partial charge in [0.15, 0.2) is 5.16 Å². The van der Waals surface area contributed by atoms with E-state index in [0.717, 1.165) is 18.5 Å². The molecule has 0 aromatic heterocycles. The summed E-state index contributed by atoms with van der Waals surface area (Å²) in [5.41, 5.74) is 4.70. The second kappa shape index (κ2) is 6.20. The van der Waals surface area contributed by atoms with Gasteiger partial charge in [-0.3, -0.25) is 4.79 Å². The van der Waals surface area contributed by atoms with Gasteiger partial charge in [-0.1, -0.05) is 17.7 Å². The van der Waals surface area contributed by atoms with E-state index in [1.165, 1.54) is 54.7 Å². The van der Waals surface area contributed by atoms with Crippen LogP contribution in [0.25, 0.3) is 0 Å². The number of carbonyl (C=O) groups excluding carboxylic acids is 1. The van der Waals surface area contributed by atoms with E-state index in [2.05, 4.69) is 44.9 Å². The van der Waals surface area contributed by atoms with Crippen LogP contribution in [0.4, 0.5) is 5.69 Å². The van der Waals surface area contributed by atoms with Crippen molar-refractivity contribution in [2.24, 2.45) is 0 Å². The zero-order valence-electron chi connectivity index (χ0n) is 15.2. The standard InChI is InChI=1S/C20H30NOP/c1-15-13-16(2)18(17(3)14-15)21-19(22)20(9-8-10-20)23(4)11-6-5-7-12-23/h13-14H,5-12H2,1-4H3/p+1. The lowest BCUT2D eigenvalue weighted by Crippen LogP contribution is -2.52. The summed E-state index contributed by atoms with van der Waals surface area (Å²) in [7, 11) is -1.14. The van der Waals surface area contributed by atoms with Gasteiger partial charge in [-0.15, -0.1) is 0 Å². The first-order chi connectivity index (χ1) is 10.9. The van der Waals surface area contributed by atoms with Crippen molar-refractivity contribution < 1.29 is 4.79 Å². The topological polar surface area (TPSA) is 29.1 Å². The predicted molar refractivity (Wildman–Crippen MR) is 102 cm³/mol. The minimum atomic E-state index is -1.14. The first-order valence-corrected chi connectivity index (χ1v) is 11.7. The predicted octanol–water partition coefficient (Wildman–Crippen LogP) is 5.30. The van der Waals surface area contributed by atoms with Crippen LogP contribution in [0.5, 0.6) is 0 Å². The molecule has 1 aromatic rings. The highest BCUT2D eigenvalue weighted by Crippen LogP contribution is 2.74. The summed E-state index contributed by atoms with van der Waals surface area (Å²) in [5, 5.41) is 3.34. The van der Waals surface area contributed by atoms with Crippen LogP contribution in [0.1, 0.15) is 55.2 Å². The van der Waals surface area contributed by atoms with E-state index in [1.54, 1.807) is 0 Å². The Kier molecular flexibility index (Phi) is 4.58. The van der Waals surface area contributed by atoms with Crippen molar-refractivity contribution >= 4 is 18.9 Å². The first kappa shape index (κ1) is 17.0. The van der Waals surface area contributed by atoms with Gasteiger partial charge in [-0.05, 0) is 70.4 Å². The molecule has 1 aliphatic heterocycles. The van der Waals surface area contributed by atoms with Crippen molar-refractivity contribution in [3.63, 3.8) is 0 Å². The van der Waals surface area contributed by atoms with Crippen LogP contribution in [0.3, 0.4) is 0 Å². The number of hydrogen-bond donors (Lipinski definition) is 1. The molecular weight excluding hydrogens is 301 g/mol. The normalized spacial score (nSPS) is 22.3. The Hall–Kier alpha value is -0.880. The fourth-order valence-electron chi connectivity index (χ4n) is 4.77. The Labute approximate surface area is 141 Å². The lowest BCUT2D eigenvalue weighted by molar-refractivity contribution is -0.120. The number of rotatable bonds is 3. The van der Waals surface area contributed by atoms with Gasteiger partial charge in [0.2, 0.25) is 0 Å². The van der Waals surface area contributed by atoms with E-state index < -0.39 is 7.26 Å². The van der Waals surface area contributed by atoms with Gasteiger partial charge in [-0.25, -0.2) is 0 Å². The van der Waals surface area contributed by atoms with Gasteiger partial charge in [0.25, 0.3) is 5.91 Å². The van der Waals surface area contributed by atoms with E-state index in [1.807, 2.05) is 0 Å².